The molecule has 0 radical (unpaired) electrons. The number of nitrogens with one attached hydrogen (secondary N) is 10. The van der Waals surface area contributed by atoms with Gasteiger partial charge in [-0.15, -0.1) is 0 Å². The van der Waals surface area contributed by atoms with Crippen LogP contribution in [0.3, 0.4) is 0 Å². The molecule has 0 fully saturated rings. The number of amides is 11. The molecular formula is C57H100N22O11. The van der Waals surface area contributed by atoms with Gasteiger partial charge in [0.25, 0.3) is 0 Å². The molecule has 2 rings (SSSR count). The predicted molar refractivity (Wildman–Crippen MR) is 340 cm³/mol. The summed E-state index contributed by atoms with van der Waals surface area (Å²) in [6, 6.07) is -4.62. The second-order valence-electron chi connectivity index (χ2n) is 21.9. The highest BCUT2D eigenvalue weighted by Gasteiger charge is 2.36. The van der Waals surface area contributed by atoms with Gasteiger partial charge in [0.05, 0.1) is 12.5 Å². The van der Waals surface area contributed by atoms with Crippen LogP contribution in [0.1, 0.15) is 134 Å². The lowest BCUT2D eigenvalue weighted by Gasteiger charge is -2.28. The number of benzene rings is 1. The molecule has 90 heavy (non-hydrogen) atoms. The number of carbonyl (C=O) groups excluding carboxylic acids is 11. The second kappa shape index (κ2) is 43.1. The molecule has 2 aromatic rings. The Hall–Kier alpha value is -8.69. The van der Waals surface area contributed by atoms with Crippen LogP contribution in [0, 0.1) is 0 Å². The second-order valence-corrected chi connectivity index (χ2v) is 21.9. The molecule has 504 valence electrons. The Kier molecular flexibility index (Phi) is 37.0. The van der Waals surface area contributed by atoms with Gasteiger partial charge in [-0.2, -0.15) is 0 Å². The van der Waals surface area contributed by atoms with Gasteiger partial charge in [0, 0.05) is 43.0 Å². The first-order valence-corrected chi connectivity index (χ1v) is 30.6. The topological polar surface area (TPSA) is 597 Å². The van der Waals surface area contributed by atoms with Gasteiger partial charge < -0.3 is 110 Å². The number of carbonyl (C=O) groups is 11. The van der Waals surface area contributed by atoms with Crippen molar-refractivity contribution in [3.05, 3.63) is 36.0 Å². The molecule has 33 heteroatoms. The minimum Gasteiger partial charge on any atom is -0.370 e. The molecule has 0 unspecified atom stereocenters. The molecule has 0 spiro atoms. The molecular weight excluding hydrogens is 1170 g/mol. The summed E-state index contributed by atoms with van der Waals surface area (Å²) in [5.41, 5.74) is 57.3. The molecule has 1 heterocycles. The number of rotatable bonds is 48. The molecule has 0 saturated carbocycles. The predicted octanol–water partition coefficient (Wildman–Crippen LogP) is -5.51. The number of aromatic nitrogens is 1. The number of fused-ring (bicyclic) bond motifs is 1. The van der Waals surface area contributed by atoms with Gasteiger partial charge in [-0.3, -0.25) is 62.7 Å². The van der Waals surface area contributed by atoms with Gasteiger partial charge in [-0.25, -0.2) is 0 Å². The third-order valence-electron chi connectivity index (χ3n) is 14.5. The zero-order valence-electron chi connectivity index (χ0n) is 51.9. The fourth-order valence-corrected chi connectivity index (χ4v) is 9.54. The minimum atomic E-state index is -1.63. The summed E-state index contributed by atoms with van der Waals surface area (Å²) in [6.45, 7) is 2.71. The van der Waals surface area contributed by atoms with Crippen LogP contribution in [0.15, 0.2) is 40.4 Å². The van der Waals surface area contributed by atoms with Gasteiger partial charge >= 0.3 is 0 Å². The van der Waals surface area contributed by atoms with Gasteiger partial charge in [0.15, 0.2) is 11.9 Å². The Balaban J connectivity index is 2.63. The number of nitrogens with two attached hydrogens (primary N) is 10. The molecule has 0 bridgehead atoms. The van der Waals surface area contributed by atoms with E-state index < -0.39 is 126 Å². The van der Waals surface area contributed by atoms with Crippen LogP contribution in [0.4, 0.5) is 0 Å². The number of hydrogen-bond donors (Lipinski definition) is 20. The van der Waals surface area contributed by atoms with Crippen LogP contribution in [-0.4, -0.2) is 176 Å². The lowest BCUT2D eigenvalue weighted by Crippen LogP contribution is -2.60. The lowest BCUT2D eigenvalue weighted by molar-refractivity contribution is -0.136. The van der Waals surface area contributed by atoms with E-state index in [-0.39, 0.29) is 102 Å². The van der Waals surface area contributed by atoms with E-state index in [0.717, 1.165) is 10.9 Å². The lowest BCUT2D eigenvalue weighted by atomic mass is 10.0. The van der Waals surface area contributed by atoms with Crippen molar-refractivity contribution in [3.8, 4) is 0 Å². The maximum atomic E-state index is 14.8. The Labute approximate surface area is 524 Å². The molecule has 11 amide bonds. The van der Waals surface area contributed by atoms with Gasteiger partial charge in [0.1, 0.15) is 48.3 Å². The van der Waals surface area contributed by atoms with Crippen LogP contribution < -0.4 is 105 Å². The monoisotopic (exact) mass is 1270 g/mol. The average molecular weight is 1270 g/mol. The third kappa shape index (κ3) is 30.0. The van der Waals surface area contributed by atoms with E-state index in [9.17, 15) is 52.7 Å². The Morgan fingerprint density at radius 3 is 1.20 bits per heavy atom. The molecule has 9 atom stereocenters. The van der Waals surface area contributed by atoms with Crippen LogP contribution in [0.5, 0.6) is 0 Å². The van der Waals surface area contributed by atoms with Crippen LogP contribution in [0.25, 0.3) is 10.9 Å². The highest BCUT2D eigenvalue weighted by atomic mass is 16.2. The van der Waals surface area contributed by atoms with Crippen LogP contribution in [0.2, 0.25) is 0 Å². The summed E-state index contributed by atoms with van der Waals surface area (Å²) in [5, 5.41) is 24.9. The average Bonchev–Trinajstić information content (AvgIpc) is 1.71. The number of aromatic amines is 1. The quantitative estimate of drug-likeness (QED) is 0.0167. The number of guanidine groups is 2. The van der Waals surface area contributed by atoms with Crippen molar-refractivity contribution in [2.75, 3.05) is 39.8 Å². The van der Waals surface area contributed by atoms with E-state index in [1.807, 2.05) is 25.1 Å². The third-order valence-corrected chi connectivity index (χ3v) is 14.5. The molecule has 1 aromatic heterocycles. The molecule has 0 aliphatic heterocycles. The summed E-state index contributed by atoms with van der Waals surface area (Å²) in [6.07, 6.45) is 4.52. The van der Waals surface area contributed by atoms with Crippen LogP contribution >= 0.6 is 0 Å². The normalized spacial score (nSPS) is 14.1. The Bertz CT molecular complexity index is 2700. The largest absolute Gasteiger partial charge is 0.370 e. The van der Waals surface area contributed by atoms with E-state index >= 15 is 0 Å². The standard InChI is InChI=1S/C57H100N22O11/c1-3-4-16-38(73-51(86)41(21-13-28-69-56(64)65)75-52(87)42(22-14-29-70-57(66)67)77-55(90)44(31-46(62)81)79-48(83)37(68-2)23-24-45(61)80)50(85)74-40(20-9-12-27-60)53(88)78-43(30-33-32-71-35-17-6-5-15-34(33)35)54(89)76-39(19-8-11-26-59)49(84)72-36(47(63)82)18-7-10-25-58/h5-6,15,17,32,36-44,68,71H,3-4,7-14,16,18-31,58-60H2,1-2H3,(H2,61,80)(H2,62,81)(H2,63,82)(H,72,84)(H,73,86)(H,74,85)(H,75,87)(H,76,89)(H,77,90)(H,78,88)(H,79,83)(H4,64,65,69)(H4,66,67,70)/t36-,37+,38+,39+,40+,41+,42+,43+,44+/m0/s1. The van der Waals surface area contributed by atoms with E-state index in [2.05, 4.69) is 62.8 Å². The highest BCUT2D eigenvalue weighted by molar-refractivity contribution is 5.99. The summed E-state index contributed by atoms with van der Waals surface area (Å²) < 4.78 is 0. The number of primary amides is 3. The summed E-state index contributed by atoms with van der Waals surface area (Å²) >= 11 is 0. The van der Waals surface area contributed by atoms with Gasteiger partial charge in [-0.1, -0.05) is 38.0 Å². The van der Waals surface area contributed by atoms with Crippen molar-refractivity contribution in [2.45, 2.75) is 190 Å². The van der Waals surface area contributed by atoms with Crippen molar-refractivity contribution >= 4 is 87.8 Å². The van der Waals surface area contributed by atoms with Crippen molar-refractivity contribution in [3.63, 3.8) is 0 Å². The zero-order valence-corrected chi connectivity index (χ0v) is 51.9. The fourth-order valence-electron chi connectivity index (χ4n) is 9.54. The Morgan fingerprint density at radius 2 is 0.800 bits per heavy atom. The van der Waals surface area contributed by atoms with E-state index in [1.54, 1.807) is 12.3 Å². The molecule has 30 N–H and O–H groups in total. The summed E-state index contributed by atoms with van der Waals surface area (Å²) in [5.74, 6) is -9.64. The maximum absolute atomic E-state index is 14.8. The smallest absolute Gasteiger partial charge is 0.243 e. The maximum Gasteiger partial charge on any atom is 0.243 e. The summed E-state index contributed by atoms with van der Waals surface area (Å²) in [4.78, 5) is 162. The number of aliphatic imine (C=N–C) groups is 2. The number of likely N-dealkylation sites (N-methyl/N-ethyl adjacent to an activating group) is 1. The first-order valence-electron chi connectivity index (χ1n) is 30.6. The van der Waals surface area contributed by atoms with Gasteiger partial charge in [-0.05, 0) is 135 Å². The molecule has 1 aromatic carbocycles. The van der Waals surface area contributed by atoms with Crippen LogP contribution in [-0.2, 0) is 59.2 Å². The fraction of sp³-hybridized carbons (Fsp3) is 0.632. The highest BCUT2D eigenvalue weighted by Crippen LogP contribution is 2.20. The van der Waals surface area contributed by atoms with Crippen molar-refractivity contribution < 1.29 is 52.7 Å². The number of hydrogen-bond acceptors (Lipinski definition) is 17. The molecule has 33 nitrogen and oxygen atoms in total. The van der Waals surface area contributed by atoms with Crippen molar-refractivity contribution in [2.24, 2.45) is 67.3 Å². The number of nitrogens with zero attached hydrogens (tertiary/aromatic N) is 2. The van der Waals surface area contributed by atoms with E-state index in [0.29, 0.717) is 70.0 Å². The first-order chi connectivity index (χ1) is 42.9. The van der Waals surface area contributed by atoms with E-state index in [4.69, 9.17) is 57.3 Å². The molecule has 0 aliphatic rings. The van der Waals surface area contributed by atoms with Crippen molar-refractivity contribution in [1.82, 2.24) is 52.8 Å². The minimum absolute atomic E-state index is 0.00556. The summed E-state index contributed by atoms with van der Waals surface area (Å²) in [7, 11) is 1.43. The molecule has 0 saturated heterocycles. The Morgan fingerprint density at radius 1 is 0.433 bits per heavy atom. The first kappa shape index (κ1) is 77.4. The van der Waals surface area contributed by atoms with Gasteiger partial charge in [0.2, 0.25) is 65.0 Å². The number of H-pyrrole nitrogens is 1. The number of para-hydroxylation sites is 1. The molecule has 0 aliphatic carbocycles. The van der Waals surface area contributed by atoms with Crippen molar-refractivity contribution in [1.29, 1.82) is 0 Å². The zero-order chi connectivity index (χ0) is 67.1. The SMILES string of the molecule is CCCC[C@@H](NC(=O)[C@@H](CCCN=C(N)N)NC(=O)[C@@H](CCCN=C(N)N)NC(=O)[C@@H](CC(N)=O)NC(=O)[C@@H](CCC(N)=O)NC)C(=O)N[C@H](CCCCN)C(=O)N[C@H](Cc1c[nH]c2ccccc12)C(=O)N[C@H](CCCCN)C(=O)N[C@@H](CCCCN)C(N)=O. The van der Waals surface area contributed by atoms with E-state index in [1.165, 1.54) is 7.05 Å². The number of unbranched alkanes of at least 4 members (excludes halogenated alkanes) is 4.